The minimum absolute atomic E-state index is 0.0130. The maximum Gasteiger partial charge on any atom is 0.257 e. The lowest BCUT2D eigenvalue weighted by molar-refractivity contribution is -0.120. The first-order valence-electron chi connectivity index (χ1n) is 6.30. The molecule has 0 aromatic carbocycles. The maximum atomic E-state index is 12.3. The molecule has 0 saturated carbocycles. The Balaban J connectivity index is 2.20. The number of aromatic nitrogens is 1. The number of hydrazone groups is 1. The van der Waals surface area contributed by atoms with Gasteiger partial charge in [0.2, 0.25) is 0 Å². The number of carbonyl (C=O) groups excluding carboxylic acids is 1. The molecule has 18 heavy (non-hydrogen) atoms. The van der Waals surface area contributed by atoms with E-state index in [1.54, 1.807) is 12.3 Å². The molecule has 0 radical (unpaired) electrons. The Bertz CT molecular complexity index is 444. The summed E-state index contributed by atoms with van der Waals surface area (Å²) in [6.07, 6.45) is 4.05. The molecule has 5 heteroatoms. The fourth-order valence-electron chi connectivity index (χ4n) is 2.11. The van der Waals surface area contributed by atoms with Crippen molar-refractivity contribution in [1.82, 2.24) is 4.98 Å². The van der Waals surface area contributed by atoms with Crippen molar-refractivity contribution in [3.8, 4) is 0 Å². The molecule has 1 aliphatic rings. The molecular weight excluding hydrogens is 228 g/mol. The zero-order chi connectivity index (χ0) is 13.0. The number of amides is 1. The standard InChI is InChI=1S/C13H18N4O/c1-2-11-10(6-5-8-14)13(18)17(16-11)12-7-3-4-9-15-12/h3-4,7,9-10H,2,5-6,8,14H2,1H3. The SMILES string of the molecule is CCC1=NN(c2ccccn2)C(=O)C1CCCN. The lowest BCUT2D eigenvalue weighted by atomic mass is 9.96. The van der Waals surface area contributed by atoms with E-state index in [9.17, 15) is 4.79 Å². The zero-order valence-electron chi connectivity index (χ0n) is 10.5. The molecule has 0 saturated heterocycles. The predicted molar refractivity (Wildman–Crippen MR) is 71.2 cm³/mol. The fraction of sp³-hybridized carbons (Fsp3) is 0.462. The van der Waals surface area contributed by atoms with Gasteiger partial charge in [0.15, 0.2) is 5.82 Å². The number of hydrogen-bond acceptors (Lipinski definition) is 4. The molecular formula is C13H18N4O. The van der Waals surface area contributed by atoms with E-state index in [4.69, 9.17) is 5.73 Å². The molecule has 1 atom stereocenters. The summed E-state index contributed by atoms with van der Waals surface area (Å²) in [6.45, 7) is 2.62. The first kappa shape index (κ1) is 12.7. The van der Waals surface area contributed by atoms with Gasteiger partial charge < -0.3 is 5.73 Å². The topological polar surface area (TPSA) is 71.6 Å². The molecule has 2 heterocycles. The van der Waals surface area contributed by atoms with E-state index in [1.165, 1.54) is 5.01 Å². The highest BCUT2D eigenvalue weighted by Crippen LogP contribution is 2.25. The van der Waals surface area contributed by atoms with Crippen molar-refractivity contribution in [1.29, 1.82) is 0 Å². The third-order valence-corrected chi connectivity index (χ3v) is 3.06. The number of carbonyl (C=O) groups is 1. The molecule has 0 spiro atoms. The highest BCUT2D eigenvalue weighted by Gasteiger charge is 2.35. The molecule has 2 rings (SSSR count). The van der Waals surface area contributed by atoms with E-state index in [0.717, 1.165) is 25.0 Å². The highest BCUT2D eigenvalue weighted by molar-refractivity contribution is 6.15. The van der Waals surface area contributed by atoms with Gasteiger partial charge in [0.25, 0.3) is 5.91 Å². The molecule has 0 aliphatic carbocycles. The van der Waals surface area contributed by atoms with Crippen LogP contribution < -0.4 is 10.7 Å². The van der Waals surface area contributed by atoms with Gasteiger partial charge in [-0.3, -0.25) is 4.79 Å². The Hall–Kier alpha value is -1.75. The summed E-state index contributed by atoms with van der Waals surface area (Å²) < 4.78 is 0. The second-order valence-electron chi connectivity index (χ2n) is 4.27. The maximum absolute atomic E-state index is 12.3. The first-order valence-corrected chi connectivity index (χ1v) is 6.30. The number of rotatable bonds is 5. The van der Waals surface area contributed by atoms with Crippen molar-refractivity contribution < 1.29 is 4.79 Å². The van der Waals surface area contributed by atoms with Gasteiger partial charge in [0, 0.05) is 6.20 Å². The molecule has 1 unspecified atom stereocenters. The first-order chi connectivity index (χ1) is 8.77. The van der Waals surface area contributed by atoms with E-state index in [1.807, 2.05) is 19.1 Å². The van der Waals surface area contributed by atoms with Crippen LogP contribution in [0.3, 0.4) is 0 Å². The molecule has 1 aromatic rings. The van der Waals surface area contributed by atoms with E-state index in [0.29, 0.717) is 12.4 Å². The van der Waals surface area contributed by atoms with Crippen molar-refractivity contribution in [3.63, 3.8) is 0 Å². The summed E-state index contributed by atoms with van der Waals surface area (Å²) >= 11 is 0. The van der Waals surface area contributed by atoms with Crippen LogP contribution in [0, 0.1) is 5.92 Å². The quantitative estimate of drug-likeness (QED) is 0.856. The largest absolute Gasteiger partial charge is 0.330 e. The van der Waals surface area contributed by atoms with Gasteiger partial charge in [0.05, 0.1) is 11.6 Å². The fourth-order valence-corrected chi connectivity index (χ4v) is 2.11. The van der Waals surface area contributed by atoms with Gasteiger partial charge in [-0.05, 0) is 37.9 Å². The van der Waals surface area contributed by atoms with E-state index in [-0.39, 0.29) is 11.8 Å². The summed E-state index contributed by atoms with van der Waals surface area (Å²) in [5.74, 6) is 0.475. The van der Waals surface area contributed by atoms with E-state index >= 15 is 0 Å². The third-order valence-electron chi connectivity index (χ3n) is 3.06. The van der Waals surface area contributed by atoms with Crippen LogP contribution in [-0.2, 0) is 4.79 Å². The van der Waals surface area contributed by atoms with Crippen molar-refractivity contribution in [2.75, 3.05) is 11.6 Å². The minimum Gasteiger partial charge on any atom is -0.330 e. The van der Waals surface area contributed by atoms with Crippen LogP contribution >= 0.6 is 0 Å². The van der Waals surface area contributed by atoms with Gasteiger partial charge in [-0.25, -0.2) is 4.98 Å². The van der Waals surface area contributed by atoms with Gasteiger partial charge in [0.1, 0.15) is 0 Å². The van der Waals surface area contributed by atoms with E-state index in [2.05, 4.69) is 10.1 Å². The Morgan fingerprint density at radius 3 is 2.89 bits per heavy atom. The summed E-state index contributed by atoms with van der Waals surface area (Å²) in [4.78, 5) is 16.5. The smallest absolute Gasteiger partial charge is 0.257 e. The summed E-state index contributed by atoms with van der Waals surface area (Å²) in [6, 6.07) is 5.46. The van der Waals surface area contributed by atoms with Gasteiger partial charge >= 0.3 is 0 Å². The van der Waals surface area contributed by atoms with Crippen LogP contribution in [0.4, 0.5) is 5.82 Å². The number of nitrogens with zero attached hydrogens (tertiary/aromatic N) is 3. The second-order valence-corrected chi connectivity index (χ2v) is 4.27. The summed E-state index contributed by atoms with van der Waals surface area (Å²) in [7, 11) is 0. The normalized spacial score (nSPS) is 19.2. The van der Waals surface area contributed by atoms with Crippen LogP contribution in [0.25, 0.3) is 0 Å². The minimum atomic E-state index is -0.124. The Labute approximate surface area is 107 Å². The molecule has 1 aliphatic heterocycles. The van der Waals surface area contributed by atoms with Crippen molar-refractivity contribution in [3.05, 3.63) is 24.4 Å². The number of pyridine rings is 1. The van der Waals surface area contributed by atoms with Crippen LogP contribution in [0.15, 0.2) is 29.5 Å². The summed E-state index contributed by atoms with van der Waals surface area (Å²) in [5.41, 5.74) is 6.44. The van der Waals surface area contributed by atoms with Gasteiger partial charge in [-0.2, -0.15) is 10.1 Å². The van der Waals surface area contributed by atoms with Gasteiger partial charge in [-0.15, -0.1) is 0 Å². The highest BCUT2D eigenvalue weighted by atomic mass is 16.2. The molecule has 1 amide bonds. The lowest BCUT2D eigenvalue weighted by Crippen LogP contribution is -2.28. The van der Waals surface area contributed by atoms with Crippen LogP contribution in [0.1, 0.15) is 26.2 Å². The Kier molecular flexibility index (Phi) is 4.04. The second kappa shape index (κ2) is 5.73. The molecule has 0 fully saturated rings. The molecule has 96 valence electrons. The average Bonchev–Trinajstić information content (AvgIpc) is 2.74. The number of hydrogen-bond donors (Lipinski definition) is 1. The van der Waals surface area contributed by atoms with Crippen LogP contribution in [0.2, 0.25) is 0 Å². The Morgan fingerprint density at radius 1 is 1.44 bits per heavy atom. The molecule has 5 nitrogen and oxygen atoms in total. The number of anilines is 1. The third kappa shape index (κ3) is 2.41. The lowest BCUT2D eigenvalue weighted by Gasteiger charge is -2.12. The van der Waals surface area contributed by atoms with Crippen LogP contribution in [0.5, 0.6) is 0 Å². The number of nitrogens with two attached hydrogens (primary N) is 1. The van der Waals surface area contributed by atoms with E-state index < -0.39 is 0 Å². The van der Waals surface area contributed by atoms with Gasteiger partial charge in [-0.1, -0.05) is 13.0 Å². The molecule has 0 bridgehead atoms. The summed E-state index contributed by atoms with van der Waals surface area (Å²) in [5, 5.41) is 5.81. The van der Waals surface area contributed by atoms with Crippen molar-refractivity contribution in [2.45, 2.75) is 26.2 Å². The van der Waals surface area contributed by atoms with Crippen molar-refractivity contribution >= 4 is 17.4 Å². The van der Waals surface area contributed by atoms with Crippen LogP contribution in [-0.4, -0.2) is 23.1 Å². The molecule has 2 N–H and O–H groups in total. The zero-order valence-corrected chi connectivity index (χ0v) is 10.5. The molecule has 1 aromatic heterocycles. The van der Waals surface area contributed by atoms with Crippen molar-refractivity contribution in [2.24, 2.45) is 16.8 Å². The Morgan fingerprint density at radius 2 is 2.28 bits per heavy atom. The monoisotopic (exact) mass is 246 g/mol. The predicted octanol–water partition coefficient (Wildman–Crippen LogP) is 1.55. The average molecular weight is 246 g/mol.